The van der Waals surface area contributed by atoms with Gasteiger partial charge in [-0.05, 0) is 25.6 Å². The van der Waals surface area contributed by atoms with Gasteiger partial charge in [0.2, 0.25) is 0 Å². The first-order valence-electron chi connectivity index (χ1n) is 5.14. The fourth-order valence-electron chi connectivity index (χ4n) is 1.000. The van der Waals surface area contributed by atoms with Gasteiger partial charge in [0, 0.05) is 19.8 Å². The van der Waals surface area contributed by atoms with Gasteiger partial charge in [0.05, 0.1) is 6.54 Å². The first kappa shape index (κ1) is 12.8. The molecule has 0 bridgehead atoms. The van der Waals surface area contributed by atoms with E-state index in [1.807, 2.05) is 6.92 Å². The number of H-pyrrole nitrogens is 1. The van der Waals surface area contributed by atoms with Gasteiger partial charge >= 0.3 is 0 Å². The Labute approximate surface area is 99.3 Å². The molecule has 0 amide bonds. The zero-order valence-electron chi connectivity index (χ0n) is 9.19. The second kappa shape index (κ2) is 7.94. The lowest BCUT2D eigenvalue weighted by atomic mass is 10.4. The van der Waals surface area contributed by atoms with Gasteiger partial charge in [0.1, 0.15) is 0 Å². The van der Waals surface area contributed by atoms with Gasteiger partial charge in [-0.2, -0.15) is 5.21 Å². The SMILES string of the molecule is CCOCCCNC(=S)NCc1nn[nH]n1. The number of thiocarbonyl (C=S) groups is 1. The van der Waals surface area contributed by atoms with Gasteiger partial charge in [-0.3, -0.25) is 0 Å². The van der Waals surface area contributed by atoms with Crippen LogP contribution in [0.1, 0.15) is 19.2 Å². The van der Waals surface area contributed by atoms with E-state index < -0.39 is 0 Å². The summed E-state index contributed by atoms with van der Waals surface area (Å²) in [5.41, 5.74) is 0. The van der Waals surface area contributed by atoms with Crippen LogP contribution in [0.4, 0.5) is 0 Å². The quantitative estimate of drug-likeness (QED) is 0.444. The first-order valence-corrected chi connectivity index (χ1v) is 5.55. The minimum absolute atomic E-state index is 0.466. The standard InChI is InChI=1S/C8H16N6OS/c1-2-15-5-3-4-9-8(16)10-6-7-11-13-14-12-7/h2-6H2,1H3,(H2,9,10,16)(H,11,12,13,14). The average Bonchev–Trinajstić information content (AvgIpc) is 2.79. The van der Waals surface area contributed by atoms with Crippen molar-refractivity contribution in [1.82, 2.24) is 31.3 Å². The van der Waals surface area contributed by atoms with Gasteiger partial charge in [-0.1, -0.05) is 5.21 Å². The van der Waals surface area contributed by atoms with Crippen LogP contribution >= 0.6 is 12.2 Å². The van der Waals surface area contributed by atoms with E-state index in [-0.39, 0.29) is 0 Å². The van der Waals surface area contributed by atoms with Crippen LogP contribution < -0.4 is 10.6 Å². The molecule has 0 unspecified atom stereocenters. The van der Waals surface area contributed by atoms with Crippen molar-refractivity contribution in [3.63, 3.8) is 0 Å². The fourth-order valence-corrected chi connectivity index (χ4v) is 1.17. The molecule has 0 atom stereocenters. The number of nitrogens with zero attached hydrogens (tertiary/aromatic N) is 3. The molecule has 0 radical (unpaired) electrons. The number of tetrazole rings is 1. The molecule has 0 saturated heterocycles. The highest BCUT2D eigenvalue weighted by atomic mass is 32.1. The van der Waals surface area contributed by atoms with E-state index in [1.54, 1.807) is 0 Å². The van der Waals surface area contributed by atoms with Crippen molar-refractivity contribution in [1.29, 1.82) is 0 Å². The predicted octanol–water partition coefficient (Wildman–Crippen LogP) is -0.410. The highest BCUT2D eigenvalue weighted by Gasteiger charge is 1.99. The van der Waals surface area contributed by atoms with Crippen LogP contribution in [0, 0.1) is 0 Å². The maximum Gasteiger partial charge on any atom is 0.193 e. The number of aromatic amines is 1. The van der Waals surface area contributed by atoms with Crippen LogP contribution in [-0.2, 0) is 11.3 Å². The fraction of sp³-hybridized carbons (Fsp3) is 0.750. The van der Waals surface area contributed by atoms with Crippen molar-refractivity contribution in [2.24, 2.45) is 0 Å². The van der Waals surface area contributed by atoms with Crippen LogP contribution in [0.3, 0.4) is 0 Å². The third kappa shape index (κ3) is 5.56. The zero-order valence-corrected chi connectivity index (χ0v) is 10.0. The molecule has 1 heterocycles. The van der Waals surface area contributed by atoms with Crippen molar-refractivity contribution in [3.05, 3.63) is 5.82 Å². The molecular weight excluding hydrogens is 228 g/mol. The molecule has 1 rings (SSSR count). The molecule has 0 aliphatic rings. The summed E-state index contributed by atoms with van der Waals surface area (Å²) in [5, 5.41) is 20.0. The first-order chi connectivity index (χ1) is 7.83. The highest BCUT2D eigenvalue weighted by Crippen LogP contribution is 1.83. The number of nitrogens with one attached hydrogen (secondary N) is 3. The van der Waals surface area contributed by atoms with Crippen molar-refractivity contribution in [3.8, 4) is 0 Å². The lowest BCUT2D eigenvalue weighted by molar-refractivity contribution is 0.145. The molecule has 0 spiro atoms. The molecule has 0 aromatic carbocycles. The molecule has 1 aromatic heterocycles. The Morgan fingerprint density at radius 3 is 3.06 bits per heavy atom. The summed E-state index contributed by atoms with van der Waals surface area (Å²) >= 11 is 5.06. The van der Waals surface area contributed by atoms with Gasteiger partial charge in [-0.25, -0.2) is 0 Å². The van der Waals surface area contributed by atoms with Crippen molar-refractivity contribution >= 4 is 17.3 Å². The molecule has 16 heavy (non-hydrogen) atoms. The second-order valence-electron chi connectivity index (χ2n) is 2.99. The van der Waals surface area contributed by atoms with Gasteiger partial charge in [0.25, 0.3) is 0 Å². The van der Waals surface area contributed by atoms with Crippen molar-refractivity contribution < 1.29 is 4.74 Å². The van der Waals surface area contributed by atoms with Crippen molar-refractivity contribution in [2.45, 2.75) is 19.9 Å². The van der Waals surface area contributed by atoms with E-state index >= 15 is 0 Å². The van der Waals surface area contributed by atoms with Crippen LogP contribution in [-0.4, -0.2) is 45.5 Å². The summed E-state index contributed by atoms with van der Waals surface area (Å²) in [5.74, 6) is 0.582. The number of aromatic nitrogens is 4. The topological polar surface area (TPSA) is 87.8 Å². The minimum atomic E-state index is 0.466. The van der Waals surface area contributed by atoms with E-state index in [4.69, 9.17) is 17.0 Å². The molecule has 0 fully saturated rings. The maximum absolute atomic E-state index is 5.20. The van der Waals surface area contributed by atoms with E-state index in [0.29, 0.717) is 17.5 Å². The van der Waals surface area contributed by atoms with E-state index in [2.05, 4.69) is 31.3 Å². The number of ether oxygens (including phenoxy) is 1. The lowest BCUT2D eigenvalue weighted by Crippen LogP contribution is -2.35. The van der Waals surface area contributed by atoms with Crippen LogP contribution in [0.15, 0.2) is 0 Å². The number of hydrogen-bond acceptors (Lipinski definition) is 5. The molecule has 8 heteroatoms. The van der Waals surface area contributed by atoms with Gasteiger partial charge < -0.3 is 15.4 Å². The summed E-state index contributed by atoms with van der Waals surface area (Å²) < 4.78 is 5.20. The molecule has 3 N–H and O–H groups in total. The Morgan fingerprint density at radius 1 is 1.50 bits per heavy atom. The van der Waals surface area contributed by atoms with Crippen LogP contribution in [0.2, 0.25) is 0 Å². The highest BCUT2D eigenvalue weighted by molar-refractivity contribution is 7.80. The summed E-state index contributed by atoms with van der Waals surface area (Å²) in [7, 11) is 0. The number of hydrogen-bond donors (Lipinski definition) is 3. The lowest BCUT2D eigenvalue weighted by Gasteiger charge is -2.08. The average molecular weight is 244 g/mol. The van der Waals surface area contributed by atoms with Crippen molar-refractivity contribution in [2.75, 3.05) is 19.8 Å². The zero-order chi connectivity index (χ0) is 11.6. The Hall–Kier alpha value is -1.28. The monoisotopic (exact) mass is 244 g/mol. The van der Waals surface area contributed by atoms with E-state index in [9.17, 15) is 0 Å². The summed E-state index contributed by atoms with van der Waals surface area (Å²) in [6.45, 7) is 4.73. The number of rotatable bonds is 7. The molecule has 0 aliphatic heterocycles. The summed E-state index contributed by atoms with van der Waals surface area (Å²) in [4.78, 5) is 0. The molecule has 90 valence electrons. The molecular formula is C8H16N6OS. The second-order valence-corrected chi connectivity index (χ2v) is 3.40. The van der Waals surface area contributed by atoms with Gasteiger partial charge in [0.15, 0.2) is 10.9 Å². The minimum Gasteiger partial charge on any atom is -0.382 e. The van der Waals surface area contributed by atoms with E-state index in [1.165, 1.54) is 0 Å². The normalized spacial score (nSPS) is 10.1. The smallest absolute Gasteiger partial charge is 0.193 e. The maximum atomic E-state index is 5.20. The summed E-state index contributed by atoms with van der Waals surface area (Å²) in [6.07, 6.45) is 0.928. The molecule has 0 saturated carbocycles. The Morgan fingerprint density at radius 2 is 2.38 bits per heavy atom. The third-order valence-electron chi connectivity index (χ3n) is 1.75. The molecule has 0 aliphatic carbocycles. The van der Waals surface area contributed by atoms with Crippen LogP contribution in [0.25, 0.3) is 0 Å². The molecule has 7 nitrogen and oxygen atoms in total. The largest absolute Gasteiger partial charge is 0.382 e. The van der Waals surface area contributed by atoms with Crippen LogP contribution in [0.5, 0.6) is 0 Å². The van der Waals surface area contributed by atoms with Gasteiger partial charge in [-0.15, -0.1) is 10.2 Å². The Bertz CT molecular complexity index is 291. The summed E-state index contributed by atoms with van der Waals surface area (Å²) in [6, 6.07) is 0. The third-order valence-corrected chi connectivity index (χ3v) is 2.04. The predicted molar refractivity (Wildman–Crippen MR) is 62.7 cm³/mol. The molecule has 1 aromatic rings. The van der Waals surface area contributed by atoms with E-state index in [0.717, 1.165) is 26.2 Å². The Balaban J connectivity index is 1.99. The Kier molecular flexibility index (Phi) is 6.35.